The third-order valence-electron chi connectivity index (χ3n) is 8.48. The molecule has 222 valence electrons. The predicted octanol–water partition coefficient (Wildman–Crippen LogP) is 5.75. The number of benzene rings is 1. The lowest BCUT2D eigenvalue weighted by Gasteiger charge is -2.46. The summed E-state index contributed by atoms with van der Waals surface area (Å²) >= 11 is 3.49. The summed E-state index contributed by atoms with van der Waals surface area (Å²) in [5.41, 5.74) is 5.59. The van der Waals surface area contributed by atoms with Gasteiger partial charge in [0.25, 0.3) is 0 Å². The monoisotopic (exact) mass is 642 g/mol. The maximum Gasteiger partial charge on any atom is 0.328 e. The van der Waals surface area contributed by atoms with Crippen LogP contribution in [-0.4, -0.2) is 58.0 Å². The molecular weight excluding hydrogens is 608 g/mol. The molecule has 1 N–H and O–H groups in total. The molecule has 9 nitrogen and oxygen atoms in total. The van der Waals surface area contributed by atoms with Gasteiger partial charge in [-0.2, -0.15) is 0 Å². The van der Waals surface area contributed by atoms with E-state index in [1.54, 1.807) is 13.1 Å². The summed E-state index contributed by atoms with van der Waals surface area (Å²) in [4.78, 5) is 42.1. The average molecular weight is 644 g/mol. The van der Waals surface area contributed by atoms with Crippen LogP contribution in [0, 0.1) is 5.41 Å². The third kappa shape index (κ3) is 5.33. The van der Waals surface area contributed by atoms with Gasteiger partial charge < -0.3 is 15.0 Å². The summed E-state index contributed by atoms with van der Waals surface area (Å²) in [5, 5.41) is 3.44. The highest BCUT2D eigenvalue weighted by Crippen LogP contribution is 2.53. The van der Waals surface area contributed by atoms with Crippen LogP contribution in [0.5, 0.6) is 0 Å². The van der Waals surface area contributed by atoms with Crippen LogP contribution in [-0.2, 0) is 20.7 Å². The smallest absolute Gasteiger partial charge is 0.328 e. The van der Waals surface area contributed by atoms with Crippen molar-refractivity contribution in [1.82, 2.24) is 24.8 Å². The fourth-order valence-electron chi connectivity index (χ4n) is 6.19. The molecule has 10 heteroatoms. The molecule has 0 radical (unpaired) electrons. The topological polar surface area (TPSA) is 102 Å². The number of nitrogens with zero attached hydrogens (tertiary/aromatic N) is 5. The highest BCUT2D eigenvalue weighted by Gasteiger charge is 2.53. The van der Waals surface area contributed by atoms with Gasteiger partial charge in [0.05, 0.1) is 28.4 Å². The van der Waals surface area contributed by atoms with Crippen molar-refractivity contribution >= 4 is 44.5 Å². The standard InChI is InChI=1S/C33H35BrN6O3/c1-4-43-32(42)26(37-28-27(34)29(41)33(28)14-6-5-7-15-33)17-21-10-12-23(13-11-21)40-30(38-25-9-8-16-36-31(25)40)22-18-24(39(2)3)20-35-19-22/h8-13,16,18-20,26,37H,4-7,14-15,17H2,1-3H3/t26-/m0/s1. The molecule has 4 aromatic rings. The lowest BCUT2D eigenvalue weighted by molar-refractivity contribution is -0.146. The molecule has 2 aliphatic rings. The molecule has 0 aliphatic heterocycles. The molecule has 0 bridgehead atoms. The van der Waals surface area contributed by atoms with Gasteiger partial charge >= 0.3 is 5.97 Å². The molecule has 1 aromatic carbocycles. The van der Waals surface area contributed by atoms with E-state index in [0.29, 0.717) is 10.9 Å². The number of rotatable bonds is 9. The second-order valence-corrected chi connectivity index (χ2v) is 12.2. The number of anilines is 1. The number of halogens is 1. The third-order valence-corrected chi connectivity index (χ3v) is 9.23. The van der Waals surface area contributed by atoms with Gasteiger partial charge in [0, 0.05) is 49.9 Å². The molecule has 0 saturated heterocycles. The minimum atomic E-state index is -0.619. The molecule has 6 rings (SSSR count). The largest absolute Gasteiger partial charge is 0.464 e. The van der Waals surface area contributed by atoms with Gasteiger partial charge in [0.1, 0.15) is 17.4 Å². The van der Waals surface area contributed by atoms with Gasteiger partial charge in [-0.1, -0.05) is 31.4 Å². The van der Waals surface area contributed by atoms with Crippen molar-refractivity contribution in [2.75, 3.05) is 25.6 Å². The van der Waals surface area contributed by atoms with Crippen molar-refractivity contribution in [3.8, 4) is 17.1 Å². The summed E-state index contributed by atoms with van der Waals surface area (Å²) in [6, 6.07) is 13.3. The van der Waals surface area contributed by atoms with Crippen LogP contribution in [0.3, 0.4) is 0 Å². The fourth-order valence-corrected chi connectivity index (χ4v) is 7.06. The Morgan fingerprint density at radius 1 is 1.14 bits per heavy atom. The van der Waals surface area contributed by atoms with E-state index >= 15 is 0 Å². The maximum absolute atomic E-state index is 13.1. The Hall–Kier alpha value is -4.05. The maximum atomic E-state index is 13.1. The number of hydrogen-bond donors (Lipinski definition) is 1. The molecule has 1 spiro atoms. The van der Waals surface area contributed by atoms with Crippen molar-refractivity contribution in [3.63, 3.8) is 0 Å². The average Bonchev–Trinajstić information content (AvgIpc) is 3.43. The van der Waals surface area contributed by atoms with Gasteiger partial charge in [-0.3, -0.25) is 14.3 Å². The van der Waals surface area contributed by atoms with Crippen LogP contribution < -0.4 is 10.2 Å². The first-order valence-electron chi connectivity index (χ1n) is 14.8. The second kappa shape index (κ2) is 11.9. The number of pyridine rings is 2. The van der Waals surface area contributed by atoms with E-state index < -0.39 is 11.5 Å². The van der Waals surface area contributed by atoms with Crippen molar-refractivity contribution in [3.05, 3.63) is 76.8 Å². The number of Topliss-reactive ketones (excluding diaryl/α,β-unsaturated/α-hetero) is 1. The number of esters is 1. The molecule has 0 amide bonds. The first-order valence-corrected chi connectivity index (χ1v) is 15.6. The first-order chi connectivity index (χ1) is 20.8. The summed E-state index contributed by atoms with van der Waals surface area (Å²) in [6.45, 7) is 2.09. The Morgan fingerprint density at radius 2 is 1.91 bits per heavy atom. The van der Waals surface area contributed by atoms with E-state index in [-0.39, 0.29) is 18.4 Å². The quantitative estimate of drug-likeness (QED) is 0.230. The second-order valence-electron chi connectivity index (χ2n) is 11.4. The number of aromatic nitrogens is 4. The van der Waals surface area contributed by atoms with E-state index in [2.05, 4.69) is 37.3 Å². The Labute approximate surface area is 259 Å². The summed E-state index contributed by atoms with van der Waals surface area (Å²) < 4.78 is 8.04. The highest BCUT2D eigenvalue weighted by atomic mass is 79.9. The summed E-state index contributed by atoms with van der Waals surface area (Å²) in [6.07, 6.45) is 10.6. The molecular formula is C33H35BrN6O3. The van der Waals surface area contributed by atoms with E-state index in [4.69, 9.17) is 9.72 Å². The number of allylic oxidation sites excluding steroid dienone is 2. The zero-order valence-corrected chi connectivity index (χ0v) is 26.2. The van der Waals surface area contributed by atoms with Gasteiger partial charge in [-0.15, -0.1) is 0 Å². The number of imidazole rings is 1. The minimum Gasteiger partial charge on any atom is -0.464 e. The SMILES string of the molecule is CCOC(=O)[C@H](Cc1ccc(-n2c(-c3cncc(N(C)C)c3)nc3cccnc32)cc1)NC1=C(Br)C(=O)C12CCCCC2. The van der Waals surface area contributed by atoms with Gasteiger partial charge in [0.15, 0.2) is 11.4 Å². The van der Waals surface area contributed by atoms with E-state index in [1.807, 2.05) is 72.4 Å². The zero-order chi connectivity index (χ0) is 30.1. The van der Waals surface area contributed by atoms with E-state index in [0.717, 1.165) is 77.3 Å². The summed E-state index contributed by atoms with van der Waals surface area (Å²) in [5.74, 6) is 0.558. The van der Waals surface area contributed by atoms with Gasteiger partial charge in [-0.05, 0) is 71.6 Å². The number of ketones is 1. The molecule has 43 heavy (non-hydrogen) atoms. The van der Waals surface area contributed by atoms with Crippen LogP contribution in [0.15, 0.2) is 71.2 Å². The number of hydrogen-bond acceptors (Lipinski definition) is 8. The van der Waals surface area contributed by atoms with Crippen LogP contribution >= 0.6 is 15.9 Å². The molecule has 1 fully saturated rings. The van der Waals surface area contributed by atoms with Crippen molar-refractivity contribution < 1.29 is 14.3 Å². The number of nitrogens with one attached hydrogen (secondary N) is 1. The van der Waals surface area contributed by atoms with Gasteiger partial charge in [-0.25, -0.2) is 14.8 Å². The summed E-state index contributed by atoms with van der Waals surface area (Å²) in [7, 11) is 3.96. The van der Waals surface area contributed by atoms with Crippen molar-refractivity contribution in [1.29, 1.82) is 0 Å². The lowest BCUT2D eigenvalue weighted by Crippen LogP contribution is -2.53. The zero-order valence-electron chi connectivity index (χ0n) is 24.6. The predicted molar refractivity (Wildman–Crippen MR) is 170 cm³/mol. The Bertz CT molecular complexity index is 1710. The van der Waals surface area contributed by atoms with Gasteiger partial charge in [0.2, 0.25) is 0 Å². The Balaban J connectivity index is 1.31. The molecule has 1 saturated carbocycles. The van der Waals surface area contributed by atoms with E-state index in [1.165, 1.54) is 0 Å². The van der Waals surface area contributed by atoms with E-state index in [9.17, 15) is 9.59 Å². The molecule has 3 heterocycles. The molecule has 0 unspecified atom stereocenters. The van der Waals surface area contributed by atoms with Crippen LogP contribution in [0.2, 0.25) is 0 Å². The number of fused-ring (bicyclic) bond motifs is 1. The normalized spacial score (nSPS) is 16.7. The lowest BCUT2D eigenvalue weighted by atomic mass is 9.62. The van der Waals surface area contributed by atoms with Crippen LogP contribution in [0.4, 0.5) is 5.69 Å². The van der Waals surface area contributed by atoms with Crippen LogP contribution in [0.1, 0.15) is 44.6 Å². The molecule has 3 aromatic heterocycles. The number of carbonyl (C=O) groups excluding carboxylic acids is 2. The molecule has 1 atom stereocenters. The molecule has 2 aliphatic carbocycles. The number of carbonyl (C=O) groups is 2. The minimum absolute atomic E-state index is 0.143. The fraction of sp³-hybridized carbons (Fsp3) is 0.364. The number of ether oxygens (including phenoxy) is 1. The Morgan fingerprint density at radius 3 is 2.63 bits per heavy atom. The van der Waals surface area contributed by atoms with Crippen LogP contribution in [0.25, 0.3) is 28.2 Å². The highest BCUT2D eigenvalue weighted by molar-refractivity contribution is 9.12. The Kier molecular flexibility index (Phi) is 8.05. The van der Waals surface area contributed by atoms with Crippen molar-refractivity contribution in [2.45, 2.75) is 51.5 Å². The van der Waals surface area contributed by atoms with Crippen molar-refractivity contribution in [2.24, 2.45) is 5.41 Å². The first kappa shape index (κ1) is 29.0.